The quantitative estimate of drug-likeness (QED) is 0.668. The number of likely N-dealkylation sites (N-methyl/N-ethyl adjacent to an activating group) is 1. The summed E-state index contributed by atoms with van der Waals surface area (Å²) in [4.78, 5) is 36.8. The van der Waals surface area contributed by atoms with Crippen LogP contribution in [0, 0.1) is 6.92 Å². The molecule has 1 saturated carbocycles. The Labute approximate surface area is 148 Å². The SMILES string of the molecule is CCN(CC(=O)O)C1CC(NC(=O)CCC(=O)c2ccc(C)cc2)C1. The fourth-order valence-corrected chi connectivity index (χ4v) is 3.09. The Morgan fingerprint density at radius 1 is 1.16 bits per heavy atom. The van der Waals surface area contributed by atoms with Gasteiger partial charge in [0, 0.05) is 30.5 Å². The van der Waals surface area contributed by atoms with Gasteiger partial charge in [-0.1, -0.05) is 36.8 Å². The summed E-state index contributed by atoms with van der Waals surface area (Å²) in [6, 6.07) is 7.63. The Balaban J connectivity index is 1.69. The van der Waals surface area contributed by atoms with Crippen LogP contribution < -0.4 is 5.32 Å². The maximum absolute atomic E-state index is 12.1. The van der Waals surface area contributed by atoms with Crippen LogP contribution in [-0.2, 0) is 9.59 Å². The van der Waals surface area contributed by atoms with E-state index in [4.69, 9.17) is 5.11 Å². The number of Topliss-reactive ketones (excluding diaryl/α,β-unsaturated/α-hetero) is 1. The van der Waals surface area contributed by atoms with E-state index in [0.717, 1.165) is 18.4 Å². The van der Waals surface area contributed by atoms with Gasteiger partial charge < -0.3 is 10.4 Å². The Hall–Kier alpha value is -2.21. The van der Waals surface area contributed by atoms with Crippen molar-refractivity contribution in [3.8, 4) is 0 Å². The zero-order chi connectivity index (χ0) is 18.4. The second-order valence-electron chi connectivity index (χ2n) is 6.64. The Morgan fingerprint density at radius 3 is 2.36 bits per heavy atom. The maximum Gasteiger partial charge on any atom is 0.317 e. The van der Waals surface area contributed by atoms with Crippen molar-refractivity contribution in [3.63, 3.8) is 0 Å². The van der Waals surface area contributed by atoms with E-state index in [-0.39, 0.29) is 43.2 Å². The highest BCUT2D eigenvalue weighted by Crippen LogP contribution is 2.25. The number of ketones is 1. The summed E-state index contributed by atoms with van der Waals surface area (Å²) in [7, 11) is 0. The fourth-order valence-electron chi connectivity index (χ4n) is 3.09. The van der Waals surface area contributed by atoms with Crippen LogP contribution in [-0.4, -0.2) is 52.8 Å². The van der Waals surface area contributed by atoms with Crippen molar-refractivity contribution < 1.29 is 19.5 Å². The largest absolute Gasteiger partial charge is 0.480 e. The number of amides is 1. The van der Waals surface area contributed by atoms with Crippen LogP contribution in [0.4, 0.5) is 0 Å². The molecule has 25 heavy (non-hydrogen) atoms. The topological polar surface area (TPSA) is 86.7 Å². The first-order valence-corrected chi connectivity index (χ1v) is 8.74. The lowest BCUT2D eigenvalue weighted by Crippen LogP contribution is -2.54. The smallest absolute Gasteiger partial charge is 0.317 e. The fraction of sp³-hybridized carbons (Fsp3) is 0.526. The first-order valence-electron chi connectivity index (χ1n) is 8.74. The molecule has 0 saturated heterocycles. The zero-order valence-electron chi connectivity index (χ0n) is 14.8. The van der Waals surface area contributed by atoms with Crippen molar-refractivity contribution in [2.45, 2.75) is 51.6 Å². The number of carbonyl (C=O) groups excluding carboxylic acids is 2. The molecule has 0 radical (unpaired) electrons. The van der Waals surface area contributed by atoms with Crippen LogP contribution in [0.25, 0.3) is 0 Å². The van der Waals surface area contributed by atoms with E-state index in [9.17, 15) is 14.4 Å². The summed E-state index contributed by atoms with van der Waals surface area (Å²) in [5.74, 6) is -0.977. The monoisotopic (exact) mass is 346 g/mol. The number of nitrogens with one attached hydrogen (secondary N) is 1. The second kappa shape index (κ2) is 8.76. The molecule has 6 nitrogen and oxygen atoms in total. The Morgan fingerprint density at radius 2 is 1.80 bits per heavy atom. The summed E-state index contributed by atoms with van der Waals surface area (Å²) >= 11 is 0. The molecule has 6 heteroatoms. The van der Waals surface area contributed by atoms with Crippen molar-refractivity contribution in [2.24, 2.45) is 0 Å². The van der Waals surface area contributed by atoms with Gasteiger partial charge in [-0.2, -0.15) is 0 Å². The molecular weight excluding hydrogens is 320 g/mol. The van der Waals surface area contributed by atoms with Gasteiger partial charge in [0.15, 0.2) is 5.78 Å². The lowest BCUT2D eigenvalue weighted by Gasteiger charge is -2.42. The van der Waals surface area contributed by atoms with Crippen molar-refractivity contribution >= 4 is 17.7 Å². The van der Waals surface area contributed by atoms with Crippen LogP contribution in [0.2, 0.25) is 0 Å². The first-order chi connectivity index (χ1) is 11.9. The minimum Gasteiger partial charge on any atom is -0.480 e. The van der Waals surface area contributed by atoms with Crippen molar-refractivity contribution in [3.05, 3.63) is 35.4 Å². The van der Waals surface area contributed by atoms with E-state index in [1.54, 1.807) is 12.1 Å². The molecule has 1 aromatic carbocycles. The maximum atomic E-state index is 12.1. The molecule has 0 aliphatic heterocycles. The highest BCUT2D eigenvalue weighted by Gasteiger charge is 2.34. The predicted octanol–water partition coefficient (Wildman–Crippen LogP) is 2.01. The number of carbonyl (C=O) groups is 3. The van der Waals surface area contributed by atoms with E-state index < -0.39 is 5.97 Å². The van der Waals surface area contributed by atoms with E-state index in [1.807, 2.05) is 30.9 Å². The highest BCUT2D eigenvalue weighted by atomic mass is 16.4. The first kappa shape index (κ1) is 19.1. The molecule has 1 aliphatic carbocycles. The van der Waals surface area contributed by atoms with Gasteiger partial charge in [-0.15, -0.1) is 0 Å². The Bertz CT molecular complexity index is 621. The number of aliphatic carboxylic acids is 1. The molecular formula is C19H26N2O4. The highest BCUT2D eigenvalue weighted by molar-refractivity contribution is 5.98. The zero-order valence-corrected chi connectivity index (χ0v) is 14.8. The third-order valence-electron chi connectivity index (χ3n) is 4.69. The van der Waals surface area contributed by atoms with Crippen LogP contribution in [0.3, 0.4) is 0 Å². The van der Waals surface area contributed by atoms with Crippen molar-refractivity contribution in [2.75, 3.05) is 13.1 Å². The molecule has 0 heterocycles. The number of rotatable bonds is 9. The number of hydrogen-bond acceptors (Lipinski definition) is 4. The minimum atomic E-state index is -0.830. The van der Waals surface area contributed by atoms with E-state index in [1.165, 1.54) is 0 Å². The molecule has 0 aromatic heterocycles. The molecule has 1 aliphatic rings. The van der Waals surface area contributed by atoms with Gasteiger partial charge in [0.25, 0.3) is 0 Å². The van der Waals surface area contributed by atoms with Crippen LogP contribution in [0.1, 0.15) is 48.5 Å². The standard InChI is InChI=1S/C19H26N2O4/c1-3-21(12-19(24)25)16-10-15(11-16)20-18(23)9-8-17(22)14-6-4-13(2)5-7-14/h4-7,15-16H,3,8-12H2,1-2H3,(H,20,23)(H,24,25). The van der Waals surface area contributed by atoms with Gasteiger partial charge in [-0.25, -0.2) is 0 Å². The third kappa shape index (κ3) is 5.67. The molecule has 0 spiro atoms. The molecule has 0 atom stereocenters. The number of carboxylic acid groups (broad SMARTS) is 1. The molecule has 2 N–H and O–H groups in total. The molecule has 1 amide bonds. The summed E-state index contributed by atoms with van der Waals surface area (Å²) in [5, 5.41) is 11.8. The second-order valence-corrected chi connectivity index (χ2v) is 6.64. The molecule has 0 unspecified atom stereocenters. The van der Waals surface area contributed by atoms with Gasteiger partial charge >= 0.3 is 5.97 Å². The van der Waals surface area contributed by atoms with Crippen LogP contribution in [0.5, 0.6) is 0 Å². The van der Waals surface area contributed by atoms with Gasteiger partial charge in [0.2, 0.25) is 5.91 Å². The van der Waals surface area contributed by atoms with Crippen LogP contribution >= 0.6 is 0 Å². The summed E-state index contributed by atoms with van der Waals surface area (Å²) < 4.78 is 0. The van der Waals surface area contributed by atoms with Gasteiger partial charge in [0.1, 0.15) is 0 Å². The number of carboxylic acids is 1. The van der Waals surface area contributed by atoms with Gasteiger partial charge in [-0.3, -0.25) is 19.3 Å². The number of aryl methyl sites for hydroxylation is 1. The van der Waals surface area contributed by atoms with E-state index in [0.29, 0.717) is 12.1 Å². The number of hydrogen-bond donors (Lipinski definition) is 2. The molecule has 2 rings (SSSR count). The molecule has 0 bridgehead atoms. The summed E-state index contributed by atoms with van der Waals surface area (Å²) in [6.45, 7) is 4.62. The number of nitrogens with zero attached hydrogens (tertiary/aromatic N) is 1. The lowest BCUT2D eigenvalue weighted by molar-refractivity contribution is -0.139. The van der Waals surface area contributed by atoms with E-state index >= 15 is 0 Å². The normalized spacial score (nSPS) is 19.3. The third-order valence-corrected chi connectivity index (χ3v) is 4.69. The summed E-state index contributed by atoms with van der Waals surface area (Å²) in [6.07, 6.45) is 1.91. The molecule has 1 aromatic rings. The molecule has 136 valence electrons. The van der Waals surface area contributed by atoms with Crippen molar-refractivity contribution in [1.29, 1.82) is 0 Å². The lowest BCUT2D eigenvalue weighted by atomic mass is 9.85. The van der Waals surface area contributed by atoms with Crippen LogP contribution in [0.15, 0.2) is 24.3 Å². The predicted molar refractivity (Wildman–Crippen MR) is 94.6 cm³/mol. The average Bonchev–Trinajstić information content (AvgIpc) is 2.54. The number of benzene rings is 1. The van der Waals surface area contributed by atoms with Gasteiger partial charge in [0.05, 0.1) is 6.54 Å². The minimum absolute atomic E-state index is 0.0275. The average molecular weight is 346 g/mol. The summed E-state index contributed by atoms with van der Waals surface area (Å²) in [5.41, 5.74) is 1.73. The van der Waals surface area contributed by atoms with Crippen molar-refractivity contribution in [1.82, 2.24) is 10.2 Å². The van der Waals surface area contributed by atoms with Gasteiger partial charge in [-0.05, 0) is 26.3 Å². The van der Waals surface area contributed by atoms with E-state index in [2.05, 4.69) is 5.32 Å². The Kier molecular flexibility index (Phi) is 6.70. The molecule has 1 fully saturated rings.